The number of rotatable bonds is 4. The minimum Gasteiger partial charge on any atom is -0.507 e. The Morgan fingerprint density at radius 2 is 1.75 bits per heavy atom. The highest BCUT2D eigenvalue weighted by molar-refractivity contribution is 6.51. The summed E-state index contributed by atoms with van der Waals surface area (Å²) < 4.78 is 11.2. The van der Waals surface area contributed by atoms with Crippen LogP contribution in [0.25, 0.3) is 5.76 Å². The van der Waals surface area contributed by atoms with Crippen molar-refractivity contribution >= 4 is 28.8 Å². The highest BCUT2D eigenvalue weighted by atomic mass is 16.5. The first kappa shape index (κ1) is 22.5. The number of ether oxygens (including phenoxy) is 1. The number of hydrogen-bond acceptors (Lipinski definition) is 6. The van der Waals surface area contributed by atoms with Gasteiger partial charge in [0.05, 0.1) is 18.4 Å². The summed E-state index contributed by atoms with van der Waals surface area (Å²) in [5.74, 6) is 0.277. The minimum atomic E-state index is -0.869. The summed E-state index contributed by atoms with van der Waals surface area (Å²) in [6, 6.07) is 15.6. The molecule has 1 unspecified atom stereocenters. The highest BCUT2D eigenvalue weighted by Crippen LogP contribution is 2.43. The number of furan rings is 1. The van der Waals surface area contributed by atoms with E-state index in [9.17, 15) is 14.7 Å². The molecule has 2 saturated heterocycles. The lowest BCUT2D eigenvalue weighted by atomic mass is 9.97. The van der Waals surface area contributed by atoms with Crippen molar-refractivity contribution in [1.29, 1.82) is 0 Å². The van der Waals surface area contributed by atoms with Gasteiger partial charge in [-0.15, -0.1) is 0 Å². The van der Waals surface area contributed by atoms with E-state index >= 15 is 0 Å². The monoisotopic (exact) mass is 484 g/mol. The van der Waals surface area contributed by atoms with Gasteiger partial charge in [0.2, 0.25) is 0 Å². The Balaban J connectivity index is 1.39. The molecule has 4 heterocycles. The van der Waals surface area contributed by atoms with Gasteiger partial charge in [-0.25, -0.2) is 0 Å². The van der Waals surface area contributed by atoms with Crippen LogP contribution in [-0.4, -0.2) is 36.5 Å². The normalized spacial score (nSPS) is 21.6. The topological polar surface area (TPSA) is 83.2 Å². The van der Waals surface area contributed by atoms with Gasteiger partial charge in [0, 0.05) is 36.4 Å². The maximum Gasteiger partial charge on any atom is 0.300 e. The third-order valence-corrected chi connectivity index (χ3v) is 7.50. The quantitative estimate of drug-likeness (QED) is 0.316. The van der Waals surface area contributed by atoms with Crippen LogP contribution in [0.2, 0.25) is 0 Å². The van der Waals surface area contributed by atoms with Gasteiger partial charge in [-0.2, -0.15) is 0 Å². The Hall–Kier alpha value is -4.00. The highest BCUT2D eigenvalue weighted by Gasteiger charge is 2.48. The Morgan fingerprint density at radius 3 is 2.47 bits per heavy atom. The Kier molecular flexibility index (Phi) is 5.55. The molecule has 0 spiro atoms. The number of aliphatic hydroxyl groups excluding tert-OH is 1. The summed E-state index contributed by atoms with van der Waals surface area (Å²) in [4.78, 5) is 30.4. The lowest BCUT2D eigenvalue weighted by Crippen LogP contribution is -2.33. The molecule has 7 heteroatoms. The van der Waals surface area contributed by atoms with Crippen LogP contribution in [0.5, 0.6) is 5.75 Å². The van der Waals surface area contributed by atoms with Crippen LogP contribution in [0, 0.1) is 5.92 Å². The fourth-order valence-corrected chi connectivity index (χ4v) is 5.40. The lowest BCUT2D eigenvalue weighted by molar-refractivity contribution is -0.132. The van der Waals surface area contributed by atoms with Crippen molar-refractivity contribution in [3.63, 3.8) is 0 Å². The number of carbonyl (C=O) groups excluding carboxylic acids is 2. The summed E-state index contributed by atoms with van der Waals surface area (Å²) in [7, 11) is 0. The van der Waals surface area contributed by atoms with Gasteiger partial charge in [0.25, 0.3) is 11.7 Å². The maximum atomic E-state index is 13.3. The minimum absolute atomic E-state index is 0.0166. The smallest absolute Gasteiger partial charge is 0.300 e. The van der Waals surface area contributed by atoms with Crippen molar-refractivity contribution in [2.45, 2.75) is 32.2 Å². The van der Waals surface area contributed by atoms with Crippen molar-refractivity contribution in [2.75, 3.05) is 29.5 Å². The van der Waals surface area contributed by atoms with E-state index < -0.39 is 17.7 Å². The SMILES string of the molecule is CC1CCN(c2ccc(N3C(=O)C(=O)/C(=C(\O)c4ccc5c(c4)CCO5)C3c3ccco3)cc2)CC1. The molecule has 0 bridgehead atoms. The molecule has 6 rings (SSSR count). The largest absolute Gasteiger partial charge is 0.507 e. The van der Waals surface area contributed by atoms with E-state index in [0.29, 0.717) is 23.6 Å². The van der Waals surface area contributed by atoms with E-state index in [0.717, 1.165) is 55.3 Å². The first-order chi connectivity index (χ1) is 17.5. The first-order valence-corrected chi connectivity index (χ1v) is 12.5. The van der Waals surface area contributed by atoms with Crippen molar-refractivity contribution in [3.05, 3.63) is 83.3 Å². The van der Waals surface area contributed by atoms with Crippen LogP contribution in [0.4, 0.5) is 11.4 Å². The van der Waals surface area contributed by atoms with E-state index in [1.54, 1.807) is 24.3 Å². The molecule has 0 radical (unpaired) electrons. The summed E-state index contributed by atoms with van der Waals surface area (Å²) in [6.07, 6.45) is 4.55. The second-order valence-electron chi connectivity index (χ2n) is 9.79. The maximum absolute atomic E-state index is 13.3. The van der Waals surface area contributed by atoms with Crippen LogP contribution < -0.4 is 14.5 Å². The molecule has 1 aromatic heterocycles. The molecule has 3 aliphatic heterocycles. The molecule has 1 atom stereocenters. The van der Waals surface area contributed by atoms with Gasteiger partial charge in [0.1, 0.15) is 23.3 Å². The van der Waals surface area contributed by atoms with Crippen LogP contribution in [0.3, 0.4) is 0 Å². The van der Waals surface area contributed by atoms with E-state index in [1.807, 2.05) is 30.3 Å². The number of nitrogens with zero attached hydrogens (tertiary/aromatic N) is 2. The van der Waals surface area contributed by atoms with Gasteiger partial charge >= 0.3 is 0 Å². The first-order valence-electron chi connectivity index (χ1n) is 12.5. The second-order valence-corrected chi connectivity index (χ2v) is 9.79. The number of anilines is 2. The van der Waals surface area contributed by atoms with Crippen molar-refractivity contribution in [3.8, 4) is 5.75 Å². The fourth-order valence-electron chi connectivity index (χ4n) is 5.40. The van der Waals surface area contributed by atoms with Crippen molar-refractivity contribution in [1.82, 2.24) is 0 Å². The number of fused-ring (bicyclic) bond motifs is 1. The number of carbonyl (C=O) groups is 2. The average molecular weight is 485 g/mol. The summed E-state index contributed by atoms with van der Waals surface area (Å²) in [5, 5.41) is 11.3. The molecule has 1 amide bonds. The van der Waals surface area contributed by atoms with Crippen molar-refractivity contribution < 1.29 is 23.8 Å². The van der Waals surface area contributed by atoms with Crippen LogP contribution >= 0.6 is 0 Å². The molecule has 2 fully saturated rings. The Bertz CT molecular complexity index is 1330. The second kappa shape index (κ2) is 8.90. The molecule has 36 heavy (non-hydrogen) atoms. The molecule has 184 valence electrons. The number of benzene rings is 2. The molecular weight excluding hydrogens is 456 g/mol. The van der Waals surface area contributed by atoms with Gasteiger partial charge in [-0.05, 0) is 78.9 Å². The Morgan fingerprint density at radius 1 is 1.00 bits per heavy atom. The average Bonchev–Trinajstić information content (AvgIpc) is 3.64. The standard InChI is InChI=1S/C29H28N2O5/c1-18-10-13-30(14-11-18)21-5-7-22(8-6-21)31-26(24-3-2-15-35-24)25(28(33)29(31)34)27(32)20-4-9-23-19(17-20)12-16-36-23/h2-9,15,17-18,26,32H,10-14,16H2,1H3/b27-25-. The molecular formula is C29H28N2O5. The van der Waals surface area contributed by atoms with E-state index in [-0.39, 0.29) is 11.3 Å². The van der Waals surface area contributed by atoms with Gasteiger partial charge in [-0.1, -0.05) is 6.92 Å². The Labute approximate surface area is 209 Å². The molecule has 7 nitrogen and oxygen atoms in total. The van der Waals surface area contributed by atoms with E-state index in [1.165, 1.54) is 11.2 Å². The third-order valence-electron chi connectivity index (χ3n) is 7.50. The zero-order valence-corrected chi connectivity index (χ0v) is 20.1. The summed E-state index contributed by atoms with van der Waals surface area (Å²) >= 11 is 0. The van der Waals surface area contributed by atoms with Crippen LogP contribution in [0.15, 0.2) is 70.9 Å². The summed E-state index contributed by atoms with van der Waals surface area (Å²) in [6.45, 7) is 4.87. The zero-order chi connectivity index (χ0) is 24.8. The molecule has 3 aliphatic rings. The molecule has 3 aromatic rings. The number of ketones is 1. The van der Waals surface area contributed by atoms with E-state index in [2.05, 4.69) is 11.8 Å². The predicted molar refractivity (Wildman–Crippen MR) is 136 cm³/mol. The number of amides is 1. The zero-order valence-electron chi connectivity index (χ0n) is 20.1. The van der Waals surface area contributed by atoms with Gasteiger partial charge in [-0.3, -0.25) is 14.5 Å². The number of aliphatic hydroxyl groups is 1. The van der Waals surface area contributed by atoms with Gasteiger partial charge in [0.15, 0.2) is 0 Å². The molecule has 0 aliphatic carbocycles. The predicted octanol–water partition coefficient (Wildman–Crippen LogP) is 5.08. The van der Waals surface area contributed by atoms with Gasteiger partial charge < -0.3 is 19.2 Å². The number of piperidine rings is 1. The lowest BCUT2D eigenvalue weighted by Gasteiger charge is -2.32. The van der Waals surface area contributed by atoms with Crippen LogP contribution in [0.1, 0.15) is 42.7 Å². The number of Topliss-reactive ketones (excluding diaryl/α,β-unsaturated/α-hetero) is 1. The number of hydrogen-bond donors (Lipinski definition) is 1. The summed E-state index contributed by atoms with van der Waals surface area (Å²) in [5.41, 5.74) is 3.13. The molecule has 1 N–H and O–H groups in total. The molecule has 2 aromatic carbocycles. The van der Waals surface area contributed by atoms with Crippen molar-refractivity contribution in [2.24, 2.45) is 5.92 Å². The third kappa shape index (κ3) is 3.75. The molecule has 0 saturated carbocycles. The fraction of sp³-hybridized carbons (Fsp3) is 0.310. The van der Waals surface area contributed by atoms with Crippen LogP contribution in [-0.2, 0) is 16.0 Å². The van der Waals surface area contributed by atoms with E-state index in [4.69, 9.17) is 9.15 Å².